The summed E-state index contributed by atoms with van der Waals surface area (Å²) in [6.07, 6.45) is 2.35. The van der Waals surface area contributed by atoms with Gasteiger partial charge in [-0.2, -0.15) is 0 Å². The van der Waals surface area contributed by atoms with Crippen LogP contribution in [-0.2, 0) is 24.2 Å². The molecule has 0 aromatic rings. The Bertz CT molecular complexity index is 48.8. The molecule has 1 heterocycles. The molecule has 0 aliphatic carbocycles. The summed E-state index contributed by atoms with van der Waals surface area (Å²) in [7, 11) is 0. The molecule has 1 aliphatic rings. The van der Waals surface area contributed by atoms with E-state index < -0.39 is 0 Å². The third kappa shape index (κ3) is 1.51. The predicted molar refractivity (Wildman–Crippen MR) is 18.3 cm³/mol. The third-order valence-corrected chi connectivity index (χ3v) is 0.434. The van der Waals surface area contributed by atoms with Crippen LogP contribution in [0.1, 0.15) is 0 Å². The molecular weight excluding hydrogens is 131 g/mol. The molecule has 0 N–H and O–H groups in total. The smallest absolute Gasteiger partial charge is 0.0637 e. The van der Waals surface area contributed by atoms with Gasteiger partial charge in [-0.15, -0.1) is 0 Å². The molecule has 0 aromatic carbocycles. The first-order valence-corrected chi connectivity index (χ1v) is 1.53. The van der Waals surface area contributed by atoms with E-state index in [1.807, 2.05) is 0 Å². The van der Waals surface area contributed by atoms with Gasteiger partial charge < -0.3 is 9.73 Å². The number of hydrogen-bond acceptors (Lipinski definition) is 2. The van der Waals surface area contributed by atoms with Crippen LogP contribution in [0.3, 0.4) is 0 Å². The molecule has 1 aliphatic heterocycles. The summed E-state index contributed by atoms with van der Waals surface area (Å²) in [5, 5.41) is 0. The summed E-state index contributed by atoms with van der Waals surface area (Å²) >= 11 is 0. The first-order valence-electron chi connectivity index (χ1n) is 1.53. The zero-order valence-corrected chi connectivity index (χ0v) is 6.44. The molecule has 0 aromatic heterocycles. The van der Waals surface area contributed by atoms with Gasteiger partial charge in [0.25, 0.3) is 0 Å². The van der Waals surface area contributed by atoms with E-state index in [0.717, 1.165) is 13.2 Å². The minimum Gasteiger partial charge on any atom is -0.674 e. The maximum atomic E-state index is 4.53. The molecule has 0 amide bonds. The number of aliphatic imine (C=N–C) groups is 1. The van der Waals surface area contributed by atoms with Crippen LogP contribution in [0, 0.1) is 0 Å². The third-order valence-electron chi connectivity index (χ3n) is 0.434. The first-order chi connectivity index (χ1) is 2.50. The van der Waals surface area contributed by atoms with E-state index in [9.17, 15) is 0 Å². The van der Waals surface area contributed by atoms with E-state index in [-0.39, 0.29) is 19.5 Å². The average Bonchev–Trinajstić information content (AvgIpc) is 1.76. The minimum atomic E-state index is 0. The molecule has 0 bridgehead atoms. The Morgan fingerprint density at radius 1 is 1.67 bits per heavy atom. The maximum absolute atomic E-state index is 4.53. The molecule has 30 valence electrons. The molecule has 6 heavy (non-hydrogen) atoms. The van der Waals surface area contributed by atoms with Crippen LogP contribution in [0.15, 0.2) is 4.99 Å². The van der Waals surface area contributed by atoms with E-state index >= 15 is 0 Å². The summed E-state index contributed by atoms with van der Waals surface area (Å²) in [5.41, 5.74) is 0. The van der Waals surface area contributed by atoms with Gasteiger partial charge in [-0.25, -0.2) is 6.40 Å². The van der Waals surface area contributed by atoms with Crippen molar-refractivity contribution in [2.75, 3.05) is 13.2 Å². The van der Waals surface area contributed by atoms with Crippen LogP contribution in [-0.4, -0.2) is 19.6 Å². The number of rotatable bonds is 0. The van der Waals surface area contributed by atoms with Gasteiger partial charge in [0.2, 0.25) is 0 Å². The fourth-order valence-corrected chi connectivity index (χ4v) is 0.228. The molecule has 2 nitrogen and oxygen atoms in total. The quantitative estimate of drug-likeness (QED) is 0.336. The second kappa shape index (κ2) is 3.29. The maximum Gasteiger partial charge on any atom is 0.0637 e. The molecule has 0 saturated carbocycles. The molecule has 0 atom stereocenters. The van der Waals surface area contributed by atoms with Crippen molar-refractivity contribution < 1.29 is 24.2 Å². The largest absolute Gasteiger partial charge is 0.674 e. The molecule has 0 radical (unpaired) electrons. The van der Waals surface area contributed by atoms with Gasteiger partial charge in [-0.05, 0) is 0 Å². The van der Waals surface area contributed by atoms with Crippen LogP contribution in [0.25, 0.3) is 0 Å². The van der Waals surface area contributed by atoms with Crippen LogP contribution >= 0.6 is 0 Å². The van der Waals surface area contributed by atoms with Crippen molar-refractivity contribution in [3.05, 3.63) is 0 Å². The molecule has 0 unspecified atom stereocenters. The van der Waals surface area contributed by atoms with Gasteiger partial charge in [-0.3, -0.25) is 0 Å². The Morgan fingerprint density at radius 3 is 2.67 bits per heavy atom. The monoisotopic (exact) mass is 134 g/mol. The Hall–Kier alpha value is 0.0934. The fourth-order valence-electron chi connectivity index (χ4n) is 0.228. The molecule has 1 rings (SSSR count). The number of nitrogens with zero attached hydrogens (tertiary/aromatic N) is 1. The Kier molecular flexibility index (Phi) is 3.34. The van der Waals surface area contributed by atoms with Gasteiger partial charge in [-0.1, -0.05) is 0 Å². The van der Waals surface area contributed by atoms with E-state index in [4.69, 9.17) is 0 Å². The Balaban J connectivity index is 0.000000250. The van der Waals surface area contributed by atoms with Crippen molar-refractivity contribution in [2.24, 2.45) is 4.99 Å². The van der Waals surface area contributed by atoms with Crippen molar-refractivity contribution in [3.8, 4) is 0 Å². The van der Waals surface area contributed by atoms with E-state index in [0.29, 0.717) is 0 Å². The summed E-state index contributed by atoms with van der Waals surface area (Å²) in [5.74, 6) is 0. The van der Waals surface area contributed by atoms with Crippen LogP contribution < -0.4 is 0 Å². The van der Waals surface area contributed by atoms with Gasteiger partial charge in [0.05, 0.1) is 6.61 Å². The van der Waals surface area contributed by atoms with E-state index in [1.165, 1.54) is 0 Å². The zero-order chi connectivity index (χ0) is 3.54. The predicted octanol–water partition coefficient (Wildman–Crippen LogP) is -0.0806. The van der Waals surface area contributed by atoms with Crippen molar-refractivity contribution in [2.45, 2.75) is 0 Å². The molecule has 0 fully saturated rings. The molecular formula is C3H4NOZn-. The average molecular weight is 135 g/mol. The summed E-state index contributed by atoms with van der Waals surface area (Å²) < 4.78 is 4.53. The van der Waals surface area contributed by atoms with Gasteiger partial charge in [0.15, 0.2) is 0 Å². The van der Waals surface area contributed by atoms with Crippen LogP contribution in [0.2, 0.25) is 0 Å². The molecule has 3 heteroatoms. The minimum absolute atomic E-state index is 0. The number of ether oxygens (including phenoxy) is 1. The Labute approximate surface area is 49.4 Å². The van der Waals surface area contributed by atoms with E-state index in [2.05, 4.69) is 16.1 Å². The summed E-state index contributed by atoms with van der Waals surface area (Å²) in [6, 6.07) is 0. The van der Waals surface area contributed by atoms with Crippen LogP contribution in [0.5, 0.6) is 0 Å². The van der Waals surface area contributed by atoms with Crippen molar-refractivity contribution >= 4 is 6.40 Å². The summed E-state index contributed by atoms with van der Waals surface area (Å²) in [6.45, 7) is 1.51. The van der Waals surface area contributed by atoms with E-state index in [1.54, 1.807) is 0 Å². The van der Waals surface area contributed by atoms with Gasteiger partial charge in [0.1, 0.15) is 0 Å². The normalized spacial score (nSPS) is 16.0. The topological polar surface area (TPSA) is 21.6 Å². The molecule has 0 saturated heterocycles. The number of hydrogen-bond donors (Lipinski definition) is 0. The van der Waals surface area contributed by atoms with Gasteiger partial charge in [0, 0.05) is 26.0 Å². The standard InChI is InChI=1S/C3H4NO.Zn/c1-2-5-3-4-1;/h1-2H2;/q-1;. The van der Waals surface area contributed by atoms with Crippen LogP contribution in [0.4, 0.5) is 0 Å². The zero-order valence-electron chi connectivity index (χ0n) is 3.48. The fraction of sp³-hybridized carbons (Fsp3) is 0.667. The van der Waals surface area contributed by atoms with Gasteiger partial charge >= 0.3 is 0 Å². The first kappa shape index (κ1) is 6.09. The second-order valence-electron chi connectivity index (χ2n) is 0.821. The van der Waals surface area contributed by atoms with Crippen molar-refractivity contribution in [1.82, 2.24) is 0 Å². The van der Waals surface area contributed by atoms with Crippen molar-refractivity contribution in [1.29, 1.82) is 0 Å². The summed E-state index contributed by atoms with van der Waals surface area (Å²) in [4.78, 5) is 3.61. The Morgan fingerprint density at radius 2 is 2.50 bits per heavy atom. The van der Waals surface area contributed by atoms with Crippen molar-refractivity contribution in [3.63, 3.8) is 0 Å². The SMILES string of the molecule is [C-]1=NCCO1.[Zn]. The second-order valence-corrected chi connectivity index (χ2v) is 0.821. The molecule has 0 spiro atoms.